The largest absolute Gasteiger partial charge is 0.322 e. The number of halogens is 1. The third kappa shape index (κ3) is 1.07. The summed E-state index contributed by atoms with van der Waals surface area (Å²) in [5.41, 5.74) is -0.595. The summed E-state index contributed by atoms with van der Waals surface area (Å²) < 4.78 is 12.4. The molecule has 0 radical (unpaired) electrons. The molecule has 0 fully saturated rings. The quantitative estimate of drug-likeness (QED) is 0.436. The van der Waals surface area contributed by atoms with Crippen molar-refractivity contribution in [1.29, 1.82) is 0 Å². The van der Waals surface area contributed by atoms with Crippen LogP contribution in [0.25, 0.3) is 0 Å². The van der Waals surface area contributed by atoms with Gasteiger partial charge in [0.2, 0.25) is 5.82 Å². The third-order valence-corrected chi connectivity index (χ3v) is 0.945. The van der Waals surface area contributed by atoms with Crippen LogP contribution in [-0.2, 0) is 0 Å². The number of rotatable bonds is 1. The molecule has 1 heterocycles. The van der Waals surface area contributed by atoms with E-state index in [1.807, 2.05) is 0 Å². The zero-order valence-electron chi connectivity index (χ0n) is 4.82. The van der Waals surface area contributed by atoms with Crippen LogP contribution in [-0.4, -0.2) is 9.91 Å². The smallest absolute Gasteiger partial charge is 0.258 e. The number of nitrogens with zero attached hydrogens (tertiary/aromatic N) is 2. The Balaban J connectivity index is 3.15. The van der Waals surface area contributed by atoms with Crippen molar-refractivity contribution in [3.63, 3.8) is 0 Å². The minimum absolute atomic E-state index is 0.595. The van der Waals surface area contributed by atoms with Gasteiger partial charge in [0.1, 0.15) is 6.20 Å². The number of nitro groups is 1. The number of hydrogen-bond donors (Lipinski definition) is 0. The van der Waals surface area contributed by atoms with Crippen molar-refractivity contribution in [3.8, 4) is 0 Å². The first kappa shape index (κ1) is 6.60. The van der Waals surface area contributed by atoms with E-state index in [2.05, 4.69) is 4.98 Å². The summed E-state index contributed by atoms with van der Waals surface area (Å²) in [5, 5.41) is 9.95. The molecule has 0 aromatic carbocycles. The first-order valence-corrected chi connectivity index (χ1v) is 2.45. The fraction of sp³-hybridized carbons (Fsp3) is 0. The molecule has 5 heteroatoms. The van der Waals surface area contributed by atoms with Gasteiger partial charge < -0.3 is 0 Å². The molecule has 0 N–H and O–H groups in total. The second-order valence-electron chi connectivity index (χ2n) is 1.58. The molecule has 1 aromatic heterocycles. The summed E-state index contributed by atoms with van der Waals surface area (Å²) in [6, 6.07) is 0.943. The Bertz CT molecular complexity index is 264. The highest BCUT2D eigenvalue weighted by Crippen LogP contribution is 2.12. The Labute approximate surface area is 55.5 Å². The van der Waals surface area contributed by atoms with Crippen molar-refractivity contribution in [2.24, 2.45) is 0 Å². The molecule has 0 spiro atoms. The molecule has 52 valence electrons. The van der Waals surface area contributed by atoms with Crippen LogP contribution in [0.2, 0.25) is 0 Å². The predicted octanol–water partition coefficient (Wildman–Crippen LogP) is 1.13. The lowest BCUT2D eigenvalue weighted by Gasteiger charge is -1.88. The van der Waals surface area contributed by atoms with Crippen LogP contribution in [0.5, 0.6) is 0 Å². The van der Waals surface area contributed by atoms with Crippen LogP contribution in [0.1, 0.15) is 0 Å². The van der Waals surface area contributed by atoms with E-state index in [-0.39, 0.29) is 0 Å². The lowest BCUT2D eigenvalue weighted by atomic mass is 10.4. The van der Waals surface area contributed by atoms with Crippen LogP contribution in [0.4, 0.5) is 10.1 Å². The summed E-state index contributed by atoms with van der Waals surface area (Å²) >= 11 is 0. The van der Waals surface area contributed by atoms with E-state index >= 15 is 0 Å². The lowest BCUT2D eigenvalue weighted by molar-refractivity contribution is -0.387. The van der Waals surface area contributed by atoms with Gasteiger partial charge in [-0.05, 0) is 6.07 Å². The molecule has 0 atom stereocenters. The summed E-state index contributed by atoms with van der Waals surface area (Å²) in [7, 11) is 0. The van der Waals surface area contributed by atoms with Crippen molar-refractivity contribution in [1.82, 2.24) is 4.98 Å². The molecule has 10 heavy (non-hydrogen) atoms. The predicted molar refractivity (Wildman–Crippen MR) is 30.8 cm³/mol. The molecule has 0 bridgehead atoms. The van der Waals surface area contributed by atoms with Gasteiger partial charge in [-0.25, -0.2) is 0 Å². The van der Waals surface area contributed by atoms with Gasteiger partial charge in [0.05, 0.1) is 4.92 Å². The average molecular weight is 142 g/mol. The number of hydrogen-bond acceptors (Lipinski definition) is 3. The summed E-state index contributed by atoms with van der Waals surface area (Å²) in [4.78, 5) is 12.5. The molecule has 0 saturated carbocycles. The van der Waals surface area contributed by atoms with E-state index in [0.717, 1.165) is 18.5 Å². The second kappa shape index (κ2) is 2.38. The van der Waals surface area contributed by atoms with Crippen molar-refractivity contribution < 1.29 is 9.31 Å². The van der Waals surface area contributed by atoms with Gasteiger partial charge in [-0.2, -0.15) is 4.39 Å². The van der Waals surface area contributed by atoms with Crippen molar-refractivity contribution in [3.05, 3.63) is 34.4 Å². The van der Waals surface area contributed by atoms with Crippen LogP contribution < -0.4 is 0 Å². The van der Waals surface area contributed by atoms with E-state index < -0.39 is 16.4 Å². The summed E-state index contributed by atoms with van der Waals surface area (Å²) in [5.74, 6) is -0.861. The van der Waals surface area contributed by atoms with E-state index in [1.165, 1.54) is 0 Å². The van der Waals surface area contributed by atoms with Crippen LogP contribution in [0.3, 0.4) is 0 Å². The molecular weight excluding hydrogens is 139 g/mol. The van der Waals surface area contributed by atoms with Gasteiger partial charge in [-0.15, -0.1) is 0 Å². The first-order chi connectivity index (χ1) is 4.72. The molecule has 0 saturated heterocycles. The summed E-state index contributed by atoms with van der Waals surface area (Å²) in [6.07, 6.45) is 2.03. The van der Waals surface area contributed by atoms with E-state index in [4.69, 9.17) is 0 Å². The van der Waals surface area contributed by atoms with Gasteiger partial charge in [-0.3, -0.25) is 15.1 Å². The van der Waals surface area contributed by atoms with Gasteiger partial charge in [0.25, 0.3) is 0 Å². The lowest BCUT2D eigenvalue weighted by Crippen LogP contribution is -1.91. The molecule has 0 aliphatic carbocycles. The minimum atomic E-state index is -0.861. The average Bonchev–Trinajstić information content (AvgIpc) is 1.88. The second-order valence-corrected chi connectivity index (χ2v) is 1.58. The zero-order chi connectivity index (χ0) is 7.56. The van der Waals surface area contributed by atoms with E-state index in [0.29, 0.717) is 0 Å². The van der Waals surface area contributed by atoms with Gasteiger partial charge in [0.15, 0.2) is 0 Å². The fourth-order valence-electron chi connectivity index (χ4n) is 0.504. The highest BCUT2D eigenvalue weighted by Gasteiger charge is 2.11. The maximum atomic E-state index is 12.4. The number of pyridine rings is 1. The maximum absolute atomic E-state index is 12.4. The standard InChI is InChI=1S/C5H3FN2O2/c6-4-1-2-7-3-5(4)8(9)10/h1-3H. The normalized spacial score (nSPS) is 9.30. The molecule has 0 aliphatic heterocycles. The van der Waals surface area contributed by atoms with Crippen LogP contribution in [0.15, 0.2) is 18.5 Å². The monoisotopic (exact) mass is 142 g/mol. The minimum Gasteiger partial charge on any atom is -0.258 e. The topological polar surface area (TPSA) is 56.0 Å². The molecule has 1 rings (SSSR count). The molecule has 4 nitrogen and oxygen atoms in total. The Hall–Kier alpha value is -1.52. The Morgan fingerprint density at radius 1 is 1.70 bits per heavy atom. The van der Waals surface area contributed by atoms with Gasteiger partial charge in [-0.1, -0.05) is 0 Å². The van der Waals surface area contributed by atoms with E-state index in [9.17, 15) is 14.5 Å². The molecular formula is C5H3FN2O2. The highest BCUT2D eigenvalue weighted by atomic mass is 19.1. The third-order valence-electron chi connectivity index (χ3n) is 0.945. The Kier molecular flexibility index (Phi) is 1.57. The number of aromatic nitrogens is 1. The van der Waals surface area contributed by atoms with Crippen molar-refractivity contribution in [2.75, 3.05) is 0 Å². The first-order valence-electron chi connectivity index (χ1n) is 2.45. The Morgan fingerprint density at radius 3 is 2.80 bits per heavy atom. The molecule has 0 amide bonds. The van der Waals surface area contributed by atoms with Crippen LogP contribution in [0, 0.1) is 15.9 Å². The SMILES string of the molecule is O=[N+]([O-])c1cnccc1F. The van der Waals surface area contributed by atoms with Gasteiger partial charge in [0, 0.05) is 6.20 Å². The fourth-order valence-corrected chi connectivity index (χ4v) is 0.504. The zero-order valence-corrected chi connectivity index (χ0v) is 4.82. The maximum Gasteiger partial charge on any atom is 0.322 e. The van der Waals surface area contributed by atoms with Crippen LogP contribution >= 0.6 is 0 Å². The molecule has 0 unspecified atom stereocenters. The molecule has 1 aromatic rings. The van der Waals surface area contributed by atoms with Gasteiger partial charge >= 0.3 is 5.69 Å². The Morgan fingerprint density at radius 2 is 2.40 bits per heavy atom. The van der Waals surface area contributed by atoms with Crippen molar-refractivity contribution >= 4 is 5.69 Å². The highest BCUT2D eigenvalue weighted by molar-refractivity contribution is 5.26. The van der Waals surface area contributed by atoms with E-state index in [1.54, 1.807) is 0 Å². The summed E-state index contributed by atoms with van der Waals surface area (Å²) in [6.45, 7) is 0. The molecule has 0 aliphatic rings. The van der Waals surface area contributed by atoms with Crippen molar-refractivity contribution in [2.45, 2.75) is 0 Å².